The van der Waals surface area contributed by atoms with Gasteiger partial charge in [-0.05, 0) is 70.6 Å². The number of ketones is 1. The first-order valence-electron chi connectivity index (χ1n) is 18.8. The lowest BCUT2D eigenvalue weighted by atomic mass is 10.0. The second-order valence-corrected chi connectivity index (χ2v) is 12.6. The maximum Gasteiger partial charge on any atom is 0.132 e. The van der Waals surface area contributed by atoms with Crippen LogP contribution in [0.25, 0.3) is 0 Å². The third-order valence-electron chi connectivity index (χ3n) is 8.37. The molecule has 0 aromatic rings. The molecule has 0 heterocycles. The molecule has 0 N–H and O–H groups in total. The number of Topliss-reactive ketones (excluding diaryl/α,β-unsaturated/α-hetero) is 1. The van der Waals surface area contributed by atoms with Gasteiger partial charge in [0.1, 0.15) is 5.78 Å². The second kappa shape index (κ2) is 36.9. The third kappa shape index (κ3) is 36.9. The van der Waals surface area contributed by atoms with Crippen molar-refractivity contribution in [3.63, 3.8) is 0 Å². The van der Waals surface area contributed by atoms with Crippen molar-refractivity contribution >= 4 is 5.78 Å². The molecule has 0 fully saturated rings. The van der Waals surface area contributed by atoms with Gasteiger partial charge in [0.2, 0.25) is 0 Å². The fraction of sp³-hybridized carbons (Fsp3) is 0.825. The number of unbranched alkanes of at least 4 members (excludes halogenated alkanes) is 24. The van der Waals surface area contributed by atoms with Crippen LogP contribution in [0.5, 0.6) is 0 Å². The Morgan fingerprint density at radius 2 is 0.610 bits per heavy atom. The molecule has 0 spiro atoms. The van der Waals surface area contributed by atoms with Crippen LogP contribution in [0, 0.1) is 0 Å². The van der Waals surface area contributed by atoms with Crippen molar-refractivity contribution in [1.82, 2.24) is 0 Å². The summed E-state index contributed by atoms with van der Waals surface area (Å²) >= 11 is 0. The molecule has 0 radical (unpaired) electrons. The Morgan fingerprint density at radius 1 is 0.341 bits per heavy atom. The van der Waals surface area contributed by atoms with E-state index in [2.05, 4.69) is 50.3 Å². The Morgan fingerprint density at radius 3 is 0.951 bits per heavy atom. The van der Waals surface area contributed by atoms with Gasteiger partial charge in [-0.1, -0.05) is 166 Å². The smallest absolute Gasteiger partial charge is 0.132 e. The predicted molar refractivity (Wildman–Crippen MR) is 187 cm³/mol. The molecule has 0 amide bonds. The zero-order valence-corrected chi connectivity index (χ0v) is 28.3. The first kappa shape index (κ1) is 39.9. The molecule has 0 aliphatic rings. The zero-order valence-electron chi connectivity index (χ0n) is 28.3. The van der Waals surface area contributed by atoms with E-state index in [9.17, 15) is 4.79 Å². The van der Waals surface area contributed by atoms with Gasteiger partial charge in [0, 0.05) is 12.8 Å². The van der Waals surface area contributed by atoms with Gasteiger partial charge in [0.25, 0.3) is 0 Å². The van der Waals surface area contributed by atoms with Gasteiger partial charge in [-0.25, -0.2) is 0 Å². The van der Waals surface area contributed by atoms with Crippen molar-refractivity contribution in [2.24, 2.45) is 0 Å². The average Bonchev–Trinajstić information content (AvgIpc) is 2.98. The van der Waals surface area contributed by atoms with Crippen molar-refractivity contribution in [1.29, 1.82) is 0 Å². The van der Waals surface area contributed by atoms with Crippen molar-refractivity contribution in [2.45, 2.75) is 213 Å². The highest BCUT2D eigenvalue weighted by atomic mass is 16.1. The molecule has 0 aromatic carbocycles. The van der Waals surface area contributed by atoms with E-state index >= 15 is 0 Å². The van der Waals surface area contributed by atoms with Gasteiger partial charge in [0.05, 0.1) is 0 Å². The van der Waals surface area contributed by atoms with E-state index in [1.807, 2.05) is 0 Å². The minimum Gasteiger partial charge on any atom is -0.300 e. The Hall–Kier alpha value is -1.11. The van der Waals surface area contributed by atoms with Gasteiger partial charge in [-0.3, -0.25) is 4.79 Å². The summed E-state index contributed by atoms with van der Waals surface area (Å²) in [5.74, 6) is 0.494. The molecule has 0 aromatic heterocycles. The standard InChI is InChI=1S/C40H74O/c1-3-5-7-9-11-13-15-17-19-21-22-23-25-27-29-31-33-35-37-39-40(41)38-36-34-32-30-28-26-24-20-18-16-14-12-10-8-6-4-2/h21-22,24-27H,3-20,23,28-39H2,1-2H3/b22-21+,26-24-,27-25-. The quantitative estimate of drug-likeness (QED) is 0.0555. The number of carbonyl (C=O) groups excluding carboxylic acids is 1. The van der Waals surface area contributed by atoms with E-state index in [1.165, 1.54) is 167 Å². The highest BCUT2D eigenvalue weighted by molar-refractivity contribution is 5.78. The molecule has 0 saturated heterocycles. The highest BCUT2D eigenvalue weighted by Crippen LogP contribution is 2.13. The van der Waals surface area contributed by atoms with Crippen LogP contribution in [-0.2, 0) is 4.79 Å². The maximum atomic E-state index is 12.1. The lowest BCUT2D eigenvalue weighted by Gasteiger charge is -2.02. The molecule has 0 atom stereocenters. The Balaban J connectivity index is 3.29. The highest BCUT2D eigenvalue weighted by Gasteiger charge is 2.01. The number of rotatable bonds is 34. The molecule has 1 heteroatoms. The van der Waals surface area contributed by atoms with E-state index in [1.54, 1.807) is 0 Å². The summed E-state index contributed by atoms with van der Waals surface area (Å²) in [7, 11) is 0. The summed E-state index contributed by atoms with van der Waals surface area (Å²) in [4.78, 5) is 12.1. The molecular weight excluding hydrogens is 496 g/mol. The van der Waals surface area contributed by atoms with E-state index in [0.717, 1.165) is 32.1 Å². The molecule has 0 unspecified atom stereocenters. The van der Waals surface area contributed by atoms with Crippen molar-refractivity contribution in [3.8, 4) is 0 Å². The largest absolute Gasteiger partial charge is 0.300 e. The molecule has 1 nitrogen and oxygen atoms in total. The third-order valence-corrected chi connectivity index (χ3v) is 8.37. The Kier molecular flexibility index (Phi) is 35.9. The molecule has 0 bridgehead atoms. The fourth-order valence-corrected chi connectivity index (χ4v) is 5.54. The molecule has 41 heavy (non-hydrogen) atoms. The first-order chi connectivity index (χ1) is 20.3. The molecule has 0 rings (SSSR count). The molecule has 0 aliphatic carbocycles. The van der Waals surface area contributed by atoms with Crippen LogP contribution in [-0.4, -0.2) is 5.78 Å². The number of hydrogen-bond donors (Lipinski definition) is 0. The number of carbonyl (C=O) groups is 1. The Labute approximate surface area is 259 Å². The predicted octanol–water partition coefficient (Wildman–Crippen LogP) is 14.4. The van der Waals surface area contributed by atoms with Crippen LogP contribution in [0.1, 0.15) is 213 Å². The average molecular weight is 571 g/mol. The second-order valence-electron chi connectivity index (χ2n) is 12.6. The van der Waals surface area contributed by atoms with Crippen molar-refractivity contribution < 1.29 is 4.79 Å². The molecule has 0 aliphatic heterocycles. The molecule has 0 saturated carbocycles. The summed E-state index contributed by atoms with van der Waals surface area (Å²) in [5, 5.41) is 0. The number of allylic oxidation sites excluding steroid dienone is 6. The first-order valence-corrected chi connectivity index (χ1v) is 18.8. The summed E-state index contributed by atoms with van der Waals surface area (Å²) in [6.07, 6.45) is 54.0. The van der Waals surface area contributed by atoms with Gasteiger partial charge in [-0.15, -0.1) is 0 Å². The van der Waals surface area contributed by atoms with Crippen LogP contribution in [0.2, 0.25) is 0 Å². The monoisotopic (exact) mass is 571 g/mol. The lowest BCUT2D eigenvalue weighted by molar-refractivity contribution is -0.119. The van der Waals surface area contributed by atoms with Gasteiger partial charge >= 0.3 is 0 Å². The minimum atomic E-state index is 0.494. The SMILES string of the molecule is CCCCCCCCCC/C=C\CCCCCCC(=O)CCCCCC/C=C\C/C=C/CCCCCCCCCC. The summed E-state index contributed by atoms with van der Waals surface area (Å²) in [5.41, 5.74) is 0. The summed E-state index contributed by atoms with van der Waals surface area (Å²) in [6, 6.07) is 0. The van der Waals surface area contributed by atoms with Crippen LogP contribution in [0.4, 0.5) is 0 Å². The van der Waals surface area contributed by atoms with Crippen LogP contribution in [0.3, 0.4) is 0 Å². The van der Waals surface area contributed by atoms with E-state index in [4.69, 9.17) is 0 Å². The van der Waals surface area contributed by atoms with E-state index < -0.39 is 0 Å². The fourth-order valence-electron chi connectivity index (χ4n) is 5.54. The topological polar surface area (TPSA) is 17.1 Å². The molecule has 240 valence electrons. The summed E-state index contributed by atoms with van der Waals surface area (Å²) < 4.78 is 0. The van der Waals surface area contributed by atoms with Gasteiger partial charge in [0.15, 0.2) is 0 Å². The minimum absolute atomic E-state index is 0.494. The normalized spacial score (nSPS) is 12.0. The summed E-state index contributed by atoms with van der Waals surface area (Å²) in [6.45, 7) is 4.57. The van der Waals surface area contributed by atoms with Crippen LogP contribution < -0.4 is 0 Å². The Bertz CT molecular complexity index is 584. The maximum absolute atomic E-state index is 12.1. The lowest BCUT2D eigenvalue weighted by Crippen LogP contribution is -1.97. The van der Waals surface area contributed by atoms with E-state index in [-0.39, 0.29) is 0 Å². The molecular formula is C40H74O. The van der Waals surface area contributed by atoms with Gasteiger partial charge in [-0.2, -0.15) is 0 Å². The van der Waals surface area contributed by atoms with Crippen LogP contribution in [0.15, 0.2) is 36.5 Å². The van der Waals surface area contributed by atoms with Crippen molar-refractivity contribution in [2.75, 3.05) is 0 Å². The zero-order chi connectivity index (χ0) is 29.7. The van der Waals surface area contributed by atoms with Crippen molar-refractivity contribution in [3.05, 3.63) is 36.5 Å². The van der Waals surface area contributed by atoms with E-state index in [0.29, 0.717) is 5.78 Å². The number of hydrogen-bond acceptors (Lipinski definition) is 1. The van der Waals surface area contributed by atoms with Gasteiger partial charge < -0.3 is 0 Å². The van der Waals surface area contributed by atoms with Crippen LogP contribution >= 0.6 is 0 Å².